The van der Waals surface area contributed by atoms with Gasteiger partial charge in [0, 0.05) is 43.6 Å². The third-order valence-electron chi connectivity index (χ3n) is 12.0. The summed E-state index contributed by atoms with van der Waals surface area (Å²) in [5, 5.41) is 17.0. The van der Waals surface area contributed by atoms with Crippen LogP contribution in [0.1, 0.15) is 5.56 Å². The predicted molar refractivity (Wildman–Crippen MR) is 243 cm³/mol. The van der Waals surface area contributed by atoms with Gasteiger partial charge in [-0.15, -0.1) is 0 Å². The first kappa shape index (κ1) is 33.1. The summed E-state index contributed by atoms with van der Waals surface area (Å²) in [6.45, 7) is 0. The molecule has 0 saturated carbocycles. The topological polar surface area (TPSA) is 46.8 Å². The maximum Gasteiger partial charge on any atom is 0.136 e. The van der Waals surface area contributed by atoms with Crippen molar-refractivity contribution in [3.05, 3.63) is 206 Å². The summed E-state index contributed by atoms with van der Waals surface area (Å²) in [6.07, 6.45) is 0. The van der Waals surface area contributed by atoms with Crippen molar-refractivity contribution in [2.24, 2.45) is 0 Å². The summed E-state index contributed by atoms with van der Waals surface area (Å²) in [5.74, 6) is 0. The van der Waals surface area contributed by atoms with Gasteiger partial charge in [0.2, 0.25) is 0 Å². The molecule has 12 rings (SSSR count). The average molecular weight is 752 g/mol. The van der Waals surface area contributed by atoms with Crippen molar-refractivity contribution >= 4 is 65.6 Å². The van der Waals surface area contributed by atoms with E-state index in [1.807, 2.05) is 36.4 Å². The number of benzene rings is 9. The first-order valence-corrected chi connectivity index (χ1v) is 19.9. The molecule has 274 valence electrons. The van der Waals surface area contributed by atoms with Crippen molar-refractivity contribution in [1.29, 1.82) is 5.26 Å². The van der Waals surface area contributed by atoms with E-state index in [4.69, 9.17) is 4.42 Å². The molecule has 0 spiro atoms. The molecular weight excluding hydrogens is 719 g/mol. The second-order valence-electron chi connectivity index (χ2n) is 15.2. The number of aromatic nitrogens is 2. The summed E-state index contributed by atoms with van der Waals surface area (Å²) in [4.78, 5) is 0. The van der Waals surface area contributed by atoms with Crippen LogP contribution in [0.25, 0.3) is 110 Å². The minimum atomic E-state index is 0.663. The van der Waals surface area contributed by atoms with Gasteiger partial charge >= 0.3 is 0 Å². The second-order valence-corrected chi connectivity index (χ2v) is 15.2. The van der Waals surface area contributed by atoms with Gasteiger partial charge in [0.15, 0.2) is 0 Å². The van der Waals surface area contributed by atoms with Crippen LogP contribution in [-0.2, 0) is 0 Å². The molecule has 0 atom stereocenters. The number of para-hydroxylation sites is 4. The molecular formula is C55H33N3O. The van der Waals surface area contributed by atoms with Gasteiger partial charge in [0.1, 0.15) is 11.2 Å². The maximum absolute atomic E-state index is 9.87. The molecule has 9 aromatic carbocycles. The number of furan rings is 1. The van der Waals surface area contributed by atoms with E-state index in [1.54, 1.807) is 0 Å². The van der Waals surface area contributed by atoms with Gasteiger partial charge in [-0.3, -0.25) is 0 Å². The highest BCUT2D eigenvalue weighted by atomic mass is 16.3. The van der Waals surface area contributed by atoms with Crippen LogP contribution in [0.15, 0.2) is 205 Å². The SMILES string of the molecule is N#Cc1ccccc1-c1ccc(-c2ccc(-c3ccc4c(c3)oc3ccccc34)cc2-n2c3ccccc3c3c2ccc2c4ccccc4n(-c4ccccc4)c23)cc1. The Balaban J connectivity index is 1.15. The quantitative estimate of drug-likeness (QED) is 0.176. The number of nitrogens with zero attached hydrogens (tertiary/aromatic N) is 3. The van der Waals surface area contributed by atoms with E-state index in [-0.39, 0.29) is 0 Å². The van der Waals surface area contributed by atoms with Crippen LogP contribution < -0.4 is 0 Å². The lowest BCUT2D eigenvalue weighted by atomic mass is 9.94. The van der Waals surface area contributed by atoms with Gasteiger partial charge < -0.3 is 13.6 Å². The maximum atomic E-state index is 9.87. The number of hydrogen-bond acceptors (Lipinski definition) is 2. The van der Waals surface area contributed by atoms with Gasteiger partial charge in [-0.05, 0) is 88.5 Å². The molecule has 0 N–H and O–H groups in total. The van der Waals surface area contributed by atoms with Crippen LogP contribution in [0.5, 0.6) is 0 Å². The van der Waals surface area contributed by atoms with Gasteiger partial charge in [0.05, 0.1) is 39.4 Å². The molecule has 0 bridgehead atoms. The van der Waals surface area contributed by atoms with E-state index in [0.29, 0.717) is 5.56 Å². The number of hydrogen-bond donors (Lipinski definition) is 0. The molecule has 0 aliphatic rings. The van der Waals surface area contributed by atoms with Crippen molar-refractivity contribution in [2.45, 2.75) is 0 Å². The largest absolute Gasteiger partial charge is 0.456 e. The van der Waals surface area contributed by atoms with Gasteiger partial charge in [-0.2, -0.15) is 5.26 Å². The van der Waals surface area contributed by atoms with Gasteiger partial charge in [-0.1, -0.05) is 140 Å². The highest BCUT2D eigenvalue weighted by Gasteiger charge is 2.23. The number of rotatable bonds is 5. The van der Waals surface area contributed by atoms with Crippen molar-refractivity contribution in [3.63, 3.8) is 0 Å². The first-order chi connectivity index (χ1) is 29.2. The molecule has 0 radical (unpaired) electrons. The second kappa shape index (κ2) is 13.0. The number of nitriles is 1. The zero-order chi connectivity index (χ0) is 39.0. The van der Waals surface area contributed by atoms with E-state index in [2.05, 4.69) is 179 Å². The molecule has 3 aromatic heterocycles. The molecule has 59 heavy (non-hydrogen) atoms. The van der Waals surface area contributed by atoms with Crippen molar-refractivity contribution < 1.29 is 4.42 Å². The normalized spacial score (nSPS) is 11.7. The standard InChI is InChI=1S/C55H33N3O/c56-34-39-12-4-5-15-41(39)35-22-24-36(25-23-35)42-28-26-37(38-27-29-45-44-17-8-11-21-52(44)59-53(45)33-38)32-51(42)58-49-20-10-7-18-47(49)54-50(58)31-30-46-43-16-6-9-19-48(43)57(55(46)54)40-13-2-1-3-14-40/h1-33H. The van der Waals surface area contributed by atoms with Crippen LogP contribution >= 0.6 is 0 Å². The summed E-state index contributed by atoms with van der Waals surface area (Å²) in [5.41, 5.74) is 15.6. The Morgan fingerprint density at radius 3 is 1.80 bits per heavy atom. The Morgan fingerprint density at radius 2 is 0.983 bits per heavy atom. The Kier molecular flexibility index (Phi) is 7.26. The van der Waals surface area contributed by atoms with E-state index < -0.39 is 0 Å². The third kappa shape index (κ3) is 5.02. The lowest BCUT2D eigenvalue weighted by Gasteiger charge is -2.17. The number of fused-ring (bicyclic) bond motifs is 10. The Hall–Kier alpha value is -8.13. The van der Waals surface area contributed by atoms with E-state index in [9.17, 15) is 5.26 Å². The summed E-state index contributed by atoms with van der Waals surface area (Å²) in [7, 11) is 0. The van der Waals surface area contributed by atoms with Crippen LogP contribution in [0.4, 0.5) is 0 Å². The molecule has 0 saturated heterocycles. The zero-order valence-corrected chi connectivity index (χ0v) is 31.8. The third-order valence-corrected chi connectivity index (χ3v) is 12.0. The molecule has 4 nitrogen and oxygen atoms in total. The summed E-state index contributed by atoms with van der Waals surface area (Å²) >= 11 is 0. The van der Waals surface area contributed by atoms with Crippen molar-refractivity contribution in [3.8, 4) is 50.8 Å². The zero-order valence-electron chi connectivity index (χ0n) is 31.8. The fraction of sp³-hybridized carbons (Fsp3) is 0. The van der Waals surface area contributed by atoms with Crippen molar-refractivity contribution in [1.82, 2.24) is 9.13 Å². The average Bonchev–Trinajstić information content (AvgIpc) is 3.96. The molecule has 0 amide bonds. The Bertz CT molecular complexity index is 3670. The Labute approximate surface area is 339 Å². The molecule has 0 aliphatic heterocycles. The van der Waals surface area contributed by atoms with Crippen LogP contribution in [0.2, 0.25) is 0 Å². The first-order valence-electron chi connectivity index (χ1n) is 19.9. The van der Waals surface area contributed by atoms with Crippen LogP contribution in [0, 0.1) is 11.3 Å². The minimum Gasteiger partial charge on any atom is -0.456 e. The van der Waals surface area contributed by atoms with Crippen LogP contribution in [0.3, 0.4) is 0 Å². The van der Waals surface area contributed by atoms with Gasteiger partial charge in [0.25, 0.3) is 0 Å². The van der Waals surface area contributed by atoms with E-state index in [0.717, 1.165) is 77.7 Å². The lowest BCUT2D eigenvalue weighted by Crippen LogP contribution is -1.99. The molecule has 12 aromatic rings. The van der Waals surface area contributed by atoms with E-state index in [1.165, 1.54) is 32.6 Å². The minimum absolute atomic E-state index is 0.663. The fourth-order valence-electron chi connectivity index (χ4n) is 9.32. The van der Waals surface area contributed by atoms with E-state index >= 15 is 0 Å². The molecule has 0 aliphatic carbocycles. The smallest absolute Gasteiger partial charge is 0.136 e. The molecule has 0 fully saturated rings. The Morgan fingerprint density at radius 1 is 0.390 bits per heavy atom. The molecule has 0 unspecified atom stereocenters. The van der Waals surface area contributed by atoms with Gasteiger partial charge in [-0.25, -0.2) is 0 Å². The predicted octanol–water partition coefficient (Wildman–Crippen LogP) is 14.7. The van der Waals surface area contributed by atoms with Crippen LogP contribution in [-0.4, -0.2) is 9.13 Å². The molecule has 3 heterocycles. The molecule has 4 heteroatoms. The monoisotopic (exact) mass is 751 g/mol. The highest BCUT2D eigenvalue weighted by molar-refractivity contribution is 6.26. The highest BCUT2D eigenvalue weighted by Crippen LogP contribution is 2.44. The summed E-state index contributed by atoms with van der Waals surface area (Å²) in [6, 6.07) is 73.2. The summed E-state index contributed by atoms with van der Waals surface area (Å²) < 4.78 is 11.3. The lowest BCUT2D eigenvalue weighted by molar-refractivity contribution is 0.669. The fourth-order valence-corrected chi connectivity index (χ4v) is 9.32. The van der Waals surface area contributed by atoms with Crippen molar-refractivity contribution in [2.75, 3.05) is 0 Å².